The van der Waals surface area contributed by atoms with Crippen molar-refractivity contribution in [2.75, 3.05) is 6.54 Å². The van der Waals surface area contributed by atoms with Crippen molar-refractivity contribution in [3.63, 3.8) is 0 Å². The molecule has 0 aliphatic carbocycles. The van der Waals surface area contributed by atoms with E-state index in [2.05, 4.69) is 10.5 Å². The van der Waals surface area contributed by atoms with E-state index in [1.165, 1.54) is 0 Å². The van der Waals surface area contributed by atoms with E-state index in [4.69, 9.17) is 4.74 Å². The van der Waals surface area contributed by atoms with Crippen molar-refractivity contribution in [3.8, 4) is 0 Å². The molecule has 0 atom stereocenters. The average Bonchev–Trinajstić information content (AvgIpc) is 2.32. The average molecular weight is 170 g/mol. The molecule has 0 saturated heterocycles. The van der Waals surface area contributed by atoms with Gasteiger partial charge in [0.2, 0.25) is 0 Å². The molecular weight excluding hydrogens is 156 g/mol. The Bertz CT molecular complexity index is 216. The molecule has 1 N–H and O–H groups in total. The molecule has 4 nitrogen and oxygen atoms in total. The maximum Gasteiger partial charge on any atom is 0.355 e. The molecular formula is C8H14N2O2. The summed E-state index contributed by atoms with van der Waals surface area (Å²) in [6.45, 7) is 6.25. The van der Waals surface area contributed by atoms with Crippen LogP contribution in [0.15, 0.2) is 5.10 Å². The van der Waals surface area contributed by atoms with E-state index in [1.54, 1.807) is 0 Å². The Labute approximate surface area is 72.0 Å². The zero-order valence-electron chi connectivity index (χ0n) is 7.68. The molecule has 0 aromatic rings. The SMILES string of the molecule is CC(C)(C)OC(=O)C1=NNCC1. The number of rotatable bonds is 1. The van der Waals surface area contributed by atoms with E-state index in [1.807, 2.05) is 20.8 Å². The highest BCUT2D eigenvalue weighted by Gasteiger charge is 2.22. The van der Waals surface area contributed by atoms with Crippen LogP contribution in [-0.4, -0.2) is 23.8 Å². The number of hydrogen-bond acceptors (Lipinski definition) is 4. The van der Waals surface area contributed by atoms with Crippen LogP contribution in [0.1, 0.15) is 27.2 Å². The fraction of sp³-hybridized carbons (Fsp3) is 0.750. The van der Waals surface area contributed by atoms with Crippen LogP contribution in [0.5, 0.6) is 0 Å². The summed E-state index contributed by atoms with van der Waals surface area (Å²) in [7, 11) is 0. The molecule has 68 valence electrons. The van der Waals surface area contributed by atoms with Crippen LogP contribution in [0.2, 0.25) is 0 Å². The number of carbonyl (C=O) groups is 1. The monoisotopic (exact) mass is 170 g/mol. The lowest BCUT2D eigenvalue weighted by Gasteiger charge is -2.18. The zero-order valence-corrected chi connectivity index (χ0v) is 7.68. The van der Waals surface area contributed by atoms with Crippen molar-refractivity contribution < 1.29 is 9.53 Å². The van der Waals surface area contributed by atoms with Gasteiger partial charge in [-0.3, -0.25) is 0 Å². The van der Waals surface area contributed by atoms with Gasteiger partial charge in [0.15, 0.2) is 0 Å². The maximum atomic E-state index is 11.3. The lowest BCUT2D eigenvalue weighted by atomic mass is 10.2. The summed E-state index contributed by atoms with van der Waals surface area (Å²) >= 11 is 0. The van der Waals surface area contributed by atoms with Crippen LogP contribution in [0.25, 0.3) is 0 Å². The molecule has 1 heterocycles. The summed E-state index contributed by atoms with van der Waals surface area (Å²) in [6.07, 6.45) is 0.662. The van der Waals surface area contributed by atoms with Crippen LogP contribution in [-0.2, 0) is 9.53 Å². The molecule has 0 bridgehead atoms. The zero-order chi connectivity index (χ0) is 9.19. The third kappa shape index (κ3) is 2.53. The molecule has 12 heavy (non-hydrogen) atoms. The molecule has 0 aromatic heterocycles. The van der Waals surface area contributed by atoms with E-state index in [9.17, 15) is 4.79 Å². The van der Waals surface area contributed by atoms with Crippen molar-refractivity contribution in [1.29, 1.82) is 0 Å². The molecule has 4 heteroatoms. The second kappa shape index (κ2) is 3.13. The number of hydrogen-bond donors (Lipinski definition) is 1. The summed E-state index contributed by atoms with van der Waals surface area (Å²) in [4.78, 5) is 11.3. The highest BCUT2D eigenvalue weighted by atomic mass is 16.6. The van der Waals surface area contributed by atoms with Gasteiger partial charge >= 0.3 is 5.97 Å². The van der Waals surface area contributed by atoms with Crippen molar-refractivity contribution in [1.82, 2.24) is 5.43 Å². The first kappa shape index (κ1) is 9.03. The highest BCUT2D eigenvalue weighted by Crippen LogP contribution is 2.09. The Morgan fingerprint density at radius 2 is 2.25 bits per heavy atom. The van der Waals surface area contributed by atoms with Crippen LogP contribution < -0.4 is 5.43 Å². The second-order valence-corrected chi connectivity index (χ2v) is 3.72. The number of nitrogens with zero attached hydrogens (tertiary/aromatic N) is 1. The van der Waals surface area contributed by atoms with Crippen molar-refractivity contribution in [2.24, 2.45) is 5.10 Å². The molecule has 1 aliphatic rings. The highest BCUT2D eigenvalue weighted by molar-refractivity contribution is 6.36. The van der Waals surface area contributed by atoms with E-state index in [0.717, 1.165) is 6.54 Å². The van der Waals surface area contributed by atoms with E-state index >= 15 is 0 Å². The summed E-state index contributed by atoms with van der Waals surface area (Å²) in [5.74, 6) is -0.312. The normalized spacial score (nSPS) is 16.8. The topological polar surface area (TPSA) is 50.7 Å². The summed E-state index contributed by atoms with van der Waals surface area (Å²) < 4.78 is 5.11. The second-order valence-electron chi connectivity index (χ2n) is 3.72. The number of hydrazone groups is 1. The molecule has 0 unspecified atom stereocenters. The van der Waals surface area contributed by atoms with Gasteiger partial charge in [0.25, 0.3) is 0 Å². The van der Waals surface area contributed by atoms with Gasteiger partial charge in [0.1, 0.15) is 11.3 Å². The summed E-state index contributed by atoms with van der Waals surface area (Å²) in [6, 6.07) is 0. The number of esters is 1. The van der Waals surface area contributed by atoms with Crippen molar-refractivity contribution >= 4 is 11.7 Å². The quantitative estimate of drug-likeness (QED) is 0.589. The summed E-state index contributed by atoms with van der Waals surface area (Å²) in [5, 5.41) is 3.81. The molecule has 0 spiro atoms. The standard InChI is InChI=1S/C8H14N2O2/c1-8(2,3)12-7(11)6-4-5-9-10-6/h9H,4-5H2,1-3H3. The fourth-order valence-corrected chi connectivity index (χ4v) is 0.866. The van der Waals surface area contributed by atoms with E-state index in [0.29, 0.717) is 12.1 Å². The largest absolute Gasteiger partial charge is 0.455 e. The summed E-state index contributed by atoms with van der Waals surface area (Å²) in [5.41, 5.74) is 2.79. The Hall–Kier alpha value is -1.06. The third-order valence-electron chi connectivity index (χ3n) is 1.32. The molecule has 0 radical (unpaired) electrons. The van der Waals surface area contributed by atoms with Crippen LogP contribution in [0.4, 0.5) is 0 Å². The first-order valence-electron chi connectivity index (χ1n) is 4.02. The Balaban J connectivity index is 2.49. The van der Waals surface area contributed by atoms with E-state index in [-0.39, 0.29) is 5.97 Å². The van der Waals surface area contributed by atoms with Gasteiger partial charge in [-0.2, -0.15) is 5.10 Å². The maximum absolute atomic E-state index is 11.3. The number of carbonyl (C=O) groups excluding carboxylic acids is 1. The van der Waals surface area contributed by atoms with Crippen LogP contribution in [0.3, 0.4) is 0 Å². The van der Waals surface area contributed by atoms with Crippen molar-refractivity contribution in [3.05, 3.63) is 0 Å². The van der Waals surface area contributed by atoms with Gasteiger partial charge in [-0.15, -0.1) is 0 Å². The predicted molar refractivity (Wildman–Crippen MR) is 45.9 cm³/mol. The van der Waals surface area contributed by atoms with Gasteiger partial charge in [-0.25, -0.2) is 4.79 Å². The number of ether oxygens (including phenoxy) is 1. The van der Waals surface area contributed by atoms with Crippen LogP contribution >= 0.6 is 0 Å². The fourth-order valence-electron chi connectivity index (χ4n) is 0.866. The molecule has 0 fully saturated rings. The Morgan fingerprint density at radius 1 is 1.58 bits per heavy atom. The Morgan fingerprint density at radius 3 is 2.67 bits per heavy atom. The molecule has 1 aliphatic heterocycles. The van der Waals surface area contributed by atoms with Gasteiger partial charge in [-0.1, -0.05) is 0 Å². The molecule has 0 saturated carbocycles. The molecule has 0 aromatic carbocycles. The third-order valence-corrected chi connectivity index (χ3v) is 1.32. The van der Waals surface area contributed by atoms with E-state index < -0.39 is 5.60 Å². The minimum Gasteiger partial charge on any atom is -0.455 e. The molecule has 1 rings (SSSR count). The van der Waals surface area contributed by atoms with Crippen molar-refractivity contribution in [2.45, 2.75) is 32.8 Å². The van der Waals surface area contributed by atoms with Gasteiger partial charge in [0.05, 0.1) is 0 Å². The van der Waals surface area contributed by atoms with Gasteiger partial charge < -0.3 is 10.2 Å². The first-order chi connectivity index (χ1) is 5.49. The lowest BCUT2D eigenvalue weighted by Crippen LogP contribution is -2.28. The first-order valence-corrected chi connectivity index (χ1v) is 4.02. The lowest BCUT2D eigenvalue weighted by molar-refractivity contribution is -0.146. The minimum atomic E-state index is -0.428. The van der Waals surface area contributed by atoms with Crippen LogP contribution in [0, 0.1) is 0 Å². The van der Waals surface area contributed by atoms with Gasteiger partial charge in [-0.05, 0) is 20.8 Å². The minimum absolute atomic E-state index is 0.312. The predicted octanol–water partition coefficient (Wildman–Crippen LogP) is 0.677. The van der Waals surface area contributed by atoms with Gasteiger partial charge in [0, 0.05) is 13.0 Å². The number of nitrogens with one attached hydrogen (secondary N) is 1. The Kier molecular flexibility index (Phi) is 2.35. The molecule has 0 amide bonds. The smallest absolute Gasteiger partial charge is 0.355 e.